The molecule has 0 unspecified atom stereocenters. The van der Waals surface area contributed by atoms with E-state index in [0.717, 1.165) is 32.1 Å². The van der Waals surface area contributed by atoms with E-state index in [0.29, 0.717) is 10.0 Å². The second-order valence-corrected chi connectivity index (χ2v) is 9.09. The van der Waals surface area contributed by atoms with Gasteiger partial charge in [-0.15, -0.1) is 0 Å². The molecule has 3 heterocycles. The van der Waals surface area contributed by atoms with Crippen molar-refractivity contribution < 1.29 is 13.2 Å². The number of piperidine rings is 1. The first-order valence-electron chi connectivity index (χ1n) is 9.38. The first-order chi connectivity index (χ1) is 13.7. The number of nitrogens with zero attached hydrogens (tertiary/aromatic N) is 5. The second kappa shape index (κ2) is 9.05. The molecule has 2 aromatic heterocycles. The lowest BCUT2D eigenvalue weighted by atomic mass is 10.1. The van der Waals surface area contributed by atoms with Crippen LogP contribution in [0, 0.1) is 0 Å². The molecule has 6 nitrogen and oxygen atoms in total. The number of alkyl halides is 3. The number of nitrogens with one attached hydrogen (secondary N) is 1. The van der Waals surface area contributed by atoms with Gasteiger partial charge in [-0.05, 0) is 32.9 Å². The number of anilines is 2. The molecule has 1 aliphatic rings. The van der Waals surface area contributed by atoms with Gasteiger partial charge in [-0.3, -0.25) is 4.31 Å². The molecule has 0 aromatic carbocycles. The highest BCUT2D eigenvalue weighted by Gasteiger charge is 2.36. The maximum Gasteiger partial charge on any atom is 0.420 e. The predicted molar refractivity (Wildman–Crippen MR) is 113 cm³/mol. The molecule has 0 saturated carbocycles. The number of thiazole rings is 1. The molecule has 29 heavy (non-hydrogen) atoms. The highest BCUT2D eigenvalue weighted by Crippen LogP contribution is 2.39. The van der Waals surface area contributed by atoms with E-state index in [9.17, 15) is 13.2 Å². The van der Waals surface area contributed by atoms with Gasteiger partial charge in [0.15, 0.2) is 5.13 Å². The van der Waals surface area contributed by atoms with E-state index in [1.54, 1.807) is 11.9 Å². The van der Waals surface area contributed by atoms with E-state index >= 15 is 0 Å². The summed E-state index contributed by atoms with van der Waals surface area (Å²) in [5.74, 6) is 0.225. The van der Waals surface area contributed by atoms with E-state index in [4.69, 9.17) is 0 Å². The zero-order valence-corrected chi connectivity index (χ0v) is 18.5. The van der Waals surface area contributed by atoms with Crippen molar-refractivity contribution in [2.75, 3.05) is 36.6 Å². The normalized spacial score (nSPS) is 16.4. The summed E-state index contributed by atoms with van der Waals surface area (Å²) in [5.41, 5.74) is -0.972. The van der Waals surface area contributed by atoms with Crippen LogP contribution in [0.25, 0.3) is 10.6 Å². The van der Waals surface area contributed by atoms with Crippen LogP contribution in [0.4, 0.5) is 24.3 Å². The van der Waals surface area contributed by atoms with Crippen molar-refractivity contribution in [3.63, 3.8) is 0 Å². The van der Waals surface area contributed by atoms with Crippen LogP contribution in [0.1, 0.15) is 32.3 Å². The molecule has 160 valence electrons. The molecule has 0 spiro atoms. The van der Waals surface area contributed by atoms with Crippen LogP contribution in [-0.2, 0) is 6.18 Å². The van der Waals surface area contributed by atoms with Gasteiger partial charge in [0.05, 0.1) is 10.6 Å². The first kappa shape index (κ1) is 22.1. The fourth-order valence-electron chi connectivity index (χ4n) is 2.97. The second-order valence-electron chi connectivity index (χ2n) is 7.20. The highest BCUT2D eigenvalue weighted by atomic mass is 32.2. The van der Waals surface area contributed by atoms with Gasteiger partial charge in [-0.2, -0.15) is 13.2 Å². The molecule has 0 bridgehead atoms. The Morgan fingerprint density at radius 1 is 1.24 bits per heavy atom. The molecule has 2 aromatic rings. The number of hydrogen-bond acceptors (Lipinski definition) is 8. The van der Waals surface area contributed by atoms with Gasteiger partial charge < -0.3 is 10.2 Å². The maximum atomic E-state index is 13.6. The van der Waals surface area contributed by atoms with Gasteiger partial charge in [0.25, 0.3) is 0 Å². The largest absolute Gasteiger partial charge is 0.420 e. The van der Waals surface area contributed by atoms with Crippen molar-refractivity contribution in [1.82, 2.24) is 19.3 Å². The van der Waals surface area contributed by atoms with Crippen LogP contribution in [0.2, 0.25) is 0 Å². The minimum atomic E-state index is -4.54. The molecule has 0 radical (unpaired) electrons. The SMILES string of the molecule is CSN1CCC(Nc2ncc(C(F)(F)F)c(-c3cnc(N(C)C(C)C)s3)n2)CC1. The fraction of sp³-hybridized carbons (Fsp3) is 0.611. The van der Waals surface area contributed by atoms with Gasteiger partial charge in [0.2, 0.25) is 5.95 Å². The fourth-order valence-corrected chi connectivity index (χ4v) is 4.56. The van der Waals surface area contributed by atoms with Crippen LogP contribution < -0.4 is 10.2 Å². The maximum absolute atomic E-state index is 13.6. The lowest BCUT2D eigenvalue weighted by Gasteiger charge is -2.30. The van der Waals surface area contributed by atoms with Crippen molar-refractivity contribution >= 4 is 34.4 Å². The van der Waals surface area contributed by atoms with Crippen LogP contribution in [-0.4, -0.2) is 57.7 Å². The van der Waals surface area contributed by atoms with Gasteiger partial charge in [0, 0.05) is 44.6 Å². The van der Waals surface area contributed by atoms with Crippen LogP contribution in [0.15, 0.2) is 12.4 Å². The standard InChI is InChI=1S/C18H25F3N6S2/c1-11(2)26(3)17-23-10-14(29-17)15-13(18(19,20)21)9-22-16(25-15)24-12-5-7-27(28-4)8-6-12/h9-12H,5-8H2,1-4H3,(H,22,24,25). The highest BCUT2D eigenvalue weighted by molar-refractivity contribution is 7.96. The Hall–Kier alpha value is -1.59. The molecule has 0 amide bonds. The Morgan fingerprint density at radius 2 is 1.93 bits per heavy atom. The monoisotopic (exact) mass is 446 g/mol. The molecule has 11 heteroatoms. The van der Waals surface area contributed by atoms with E-state index in [1.165, 1.54) is 17.5 Å². The molecule has 0 atom stereocenters. The Bertz CT molecular complexity index is 818. The van der Waals surface area contributed by atoms with Crippen molar-refractivity contribution in [3.05, 3.63) is 18.0 Å². The van der Waals surface area contributed by atoms with Crippen molar-refractivity contribution in [1.29, 1.82) is 0 Å². The zero-order valence-electron chi connectivity index (χ0n) is 16.8. The minimum absolute atomic E-state index is 0.127. The lowest BCUT2D eigenvalue weighted by Crippen LogP contribution is -2.35. The van der Waals surface area contributed by atoms with Crippen LogP contribution in [0.3, 0.4) is 0 Å². The van der Waals surface area contributed by atoms with Gasteiger partial charge in [-0.1, -0.05) is 23.3 Å². The van der Waals surface area contributed by atoms with Gasteiger partial charge in [0.1, 0.15) is 5.56 Å². The third kappa shape index (κ3) is 5.32. The van der Waals surface area contributed by atoms with Crippen molar-refractivity contribution in [2.24, 2.45) is 0 Å². The van der Waals surface area contributed by atoms with Crippen LogP contribution in [0.5, 0.6) is 0 Å². The minimum Gasteiger partial charge on any atom is -0.351 e. The number of halogens is 3. The van der Waals surface area contributed by atoms with E-state index in [-0.39, 0.29) is 23.7 Å². The smallest absolute Gasteiger partial charge is 0.351 e. The summed E-state index contributed by atoms with van der Waals surface area (Å²) < 4.78 is 43.0. The Kier molecular flexibility index (Phi) is 6.90. The van der Waals surface area contributed by atoms with E-state index in [2.05, 4.69) is 24.6 Å². The van der Waals surface area contributed by atoms with E-state index < -0.39 is 11.7 Å². The summed E-state index contributed by atoms with van der Waals surface area (Å²) in [4.78, 5) is 14.8. The third-order valence-electron chi connectivity index (χ3n) is 4.94. The molecular weight excluding hydrogens is 421 g/mol. The molecule has 3 rings (SSSR count). The summed E-state index contributed by atoms with van der Waals surface area (Å²) in [6, 6.07) is 0.331. The lowest BCUT2D eigenvalue weighted by molar-refractivity contribution is -0.137. The molecular formula is C18H25F3N6S2. The summed E-state index contributed by atoms with van der Waals surface area (Å²) in [6.07, 6.45) is 1.62. The molecule has 1 saturated heterocycles. The molecule has 1 aliphatic heterocycles. The summed E-state index contributed by atoms with van der Waals surface area (Å²) in [7, 11) is 1.87. The molecule has 0 aliphatic carbocycles. The average molecular weight is 447 g/mol. The predicted octanol–water partition coefficient (Wildman–Crippen LogP) is 4.62. The summed E-state index contributed by atoms with van der Waals surface area (Å²) >= 11 is 2.90. The summed E-state index contributed by atoms with van der Waals surface area (Å²) in [6.45, 7) is 5.84. The summed E-state index contributed by atoms with van der Waals surface area (Å²) in [5, 5.41) is 3.86. The third-order valence-corrected chi connectivity index (χ3v) is 6.92. The van der Waals surface area contributed by atoms with E-state index in [1.807, 2.05) is 32.1 Å². The van der Waals surface area contributed by atoms with Gasteiger partial charge in [-0.25, -0.2) is 15.0 Å². The number of hydrogen-bond donors (Lipinski definition) is 1. The zero-order chi connectivity index (χ0) is 21.2. The average Bonchev–Trinajstić information content (AvgIpc) is 3.17. The first-order valence-corrected chi connectivity index (χ1v) is 11.4. The number of rotatable bonds is 6. The van der Waals surface area contributed by atoms with Crippen molar-refractivity contribution in [2.45, 2.75) is 44.9 Å². The molecule has 1 N–H and O–H groups in total. The van der Waals surface area contributed by atoms with Gasteiger partial charge >= 0.3 is 6.18 Å². The number of aromatic nitrogens is 3. The Morgan fingerprint density at radius 3 is 2.52 bits per heavy atom. The molecule has 1 fully saturated rings. The Balaban J connectivity index is 1.87. The quantitative estimate of drug-likeness (QED) is 0.650. The van der Waals surface area contributed by atoms with Crippen molar-refractivity contribution in [3.8, 4) is 10.6 Å². The van der Waals surface area contributed by atoms with Crippen LogP contribution >= 0.6 is 23.3 Å². The Labute approximate surface area is 177 Å². The topological polar surface area (TPSA) is 57.2 Å².